The molecule has 0 aromatic heterocycles. The Kier molecular flexibility index (Phi) is 2.03. The molecule has 2 rings (SSSR count). The van der Waals surface area contributed by atoms with E-state index < -0.39 is 0 Å². The van der Waals surface area contributed by atoms with Crippen molar-refractivity contribution < 1.29 is 0 Å². The van der Waals surface area contributed by atoms with Gasteiger partial charge in [-0.25, -0.2) is 0 Å². The van der Waals surface area contributed by atoms with E-state index in [1.54, 1.807) is 0 Å². The molecule has 1 N–H and O–H groups in total. The van der Waals surface area contributed by atoms with Crippen LogP contribution in [0, 0.1) is 0 Å². The molecule has 0 atom stereocenters. The molecular formula is C9H8NNa. The molecule has 0 fully saturated rings. The molecule has 1 aliphatic rings. The van der Waals surface area contributed by atoms with Crippen molar-refractivity contribution in [2.75, 3.05) is 11.9 Å². The molecule has 1 heterocycles. The molecule has 0 saturated heterocycles. The number of nitrogens with one attached hydrogen (secondary N) is 1. The van der Waals surface area contributed by atoms with Gasteiger partial charge in [-0.2, -0.15) is 0 Å². The van der Waals surface area contributed by atoms with Crippen LogP contribution in [0.5, 0.6) is 0 Å². The van der Waals surface area contributed by atoms with Gasteiger partial charge in [-0.15, -0.1) is 0 Å². The second-order valence-corrected chi connectivity index (χ2v) is 3.89. The van der Waals surface area contributed by atoms with Gasteiger partial charge in [0.25, 0.3) is 0 Å². The minimum atomic E-state index is 0.996. The van der Waals surface area contributed by atoms with E-state index in [1.807, 2.05) is 0 Å². The van der Waals surface area contributed by atoms with E-state index in [1.165, 1.54) is 14.1 Å². The van der Waals surface area contributed by atoms with E-state index in [0.29, 0.717) is 0 Å². The van der Waals surface area contributed by atoms with E-state index in [4.69, 9.17) is 0 Å². The molecule has 2 heteroatoms. The van der Waals surface area contributed by atoms with Crippen LogP contribution in [-0.2, 0) is 0 Å². The third-order valence-corrected chi connectivity index (χ3v) is 3.00. The molecule has 1 aliphatic heterocycles. The van der Waals surface area contributed by atoms with Gasteiger partial charge in [0.05, 0.1) is 0 Å². The molecule has 11 heavy (non-hydrogen) atoms. The predicted octanol–water partition coefficient (Wildman–Crippen LogP) is 1.62. The van der Waals surface area contributed by atoms with Crippen LogP contribution < -0.4 is 5.32 Å². The van der Waals surface area contributed by atoms with Gasteiger partial charge in [-0.1, -0.05) is 0 Å². The Morgan fingerprint density at radius 1 is 1.27 bits per heavy atom. The number of fused-ring (bicyclic) bond motifs is 1. The Morgan fingerprint density at radius 3 is 2.91 bits per heavy atom. The first-order valence-corrected chi connectivity index (χ1v) is 4.88. The first-order valence-electron chi connectivity index (χ1n) is 3.88. The molecule has 1 aromatic rings. The number of para-hydroxylation sites is 1. The van der Waals surface area contributed by atoms with Gasteiger partial charge in [0.1, 0.15) is 0 Å². The van der Waals surface area contributed by atoms with Crippen molar-refractivity contribution in [1.29, 1.82) is 0 Å². The first-order chi connectivity index (χ1) is 5.38. The fraction of sp³-hybridized carbons (Fsp3) is 0.111. The standard InChI is InChI=1S/C9H8N.Na/c1-2-6-9-8(4-1)5-3-7-10-9;/h1-4,6,10H,7H2;. The summed E-state index contributed by atoms with van der Waals surface area (Å²) in [4.78, 5) is 0. The Bertz CT molecular complexity index is 304. The second-order valence-electron chi connectivity index (χ2n) is 2.81. The summed E-state index contributed by atoms with van der Waals surface area (Å²) < 4.78 is 1.51. The molecule has 0 bridgehead atoms. The number of benzene rings is 1. The summed E-state index contributed by atoms with van der Waals surface area (Å²) in [6.07, 6.45) is 2.27. The van der Waals surface area contributed by atoms with Crippen LogP contribution in [0.3, 0.4) is 0 Å². The van der Waals surface area contributed by atoms with Crippen LogP contribution in [0.15, 0.2) is 30.3 Å². The molecule has 1 nitrogen and oxygen atoms in total. The van der Waals surface area contributed by atoms with Gasteiger partial charge >= 0.3 is 84.2 Å². The van der Waals surface area contributed by atoms with Crippen molar-refractivity contribution in [2.45, 2.75) is 0 Å². The zero-order valence-corrected chi connectivity index (χ0v) is 8.59. The maximum atomic E-state index is 3.34. The third kappa shape index (κ3) is 1.36. The number of hydrogen-bond acceptors (Lipinski definition) is 1. The monoisotopic (exact) mass is 153 g/mol. The molecule has 0 amide bonds. The van der Waals surface area contributed by atoms with Crippen LogP contribution in [0.1, 0.15) is 5.56 Å². The summed E-state index contributed by atoms with van der Waals surface area (Å²) >= 11 is 1.15. The molecule has 0 radical (unpaired) electrons. The number of hydrogen-bond donors (Lipinski definition) is 1. The van der Waals surface area contributed by atoms with Crippen molar-refractivity contribution in [1.82, 2.24) is 0 Å². The van der Waals surface area contributed by atoms with Gasteiger partial charge in [-0.05, 0) is 0 Å². The van der Waals surface area contributed by atoms with E-state index in [0.717, 1.165) is 34.5 Å². The van der Waals surface area contributed by atoms with Crippen LogP contribution in [-0.4, -0.2) is 34.5 Å². The van der Waals surface area contributed by atoms with E-state index in [9.17, 15) is 0 Å². The minimum absolute atomic E-state index is 0.996. The third-order valence-electron chi connectivity index (χ3n) is 2.05. The number of anilines is 1. The van der Waals surface area contributed by atoms with E-state index in [2.05, 4.69) is 35.7 Å². The van der Waals surface area contributed by atoms with Crippen LogP contribution in [0.25, 0.3) is 2.82 Å². The van der Waals surface area contributed by atoms with Gasteiger partial charge in [0.2, 0.25) is 0 Å². The van der Waals surface area contributed by atoms with Crippen molar-refractivity contribution in [3.8, 4) is 0 Å². The Morgan fingerprint density at radius 2 is 2.09 bits per heavy atom. The Hall–Kier alpha value is -0.240. The van der Waals surface area contributed by atoms with E-state index >= 15 is 0 Å². The zero-order valence-electron chi connectivity index (χ0n) is 6.59. The summed E-state index contributed by atoms with van der Waals surface area (Å²) in [7, 11) is 0. The zero-order chi connectivity index (χ0) is 7.68. The summed E-state index contributed by atoms with van der Waals surface area (Å²) in [6, 6.07) is 8.49. The summed E-state index contributed by atoms with van der Waals surface area (Å²) in [6.45, 7) is 0.996. The molecular weight excluding hydrogens is 145 g/mol. The summed E-state index contributed by atoms with van der Waals surface area (Å²) in [5.74, 6) is 0. The Balaban J connectivity index is 2.56. The van der Waals surface area contributed by atoms with Gasteiger partial charge in [0, 0.05) is 0 Å². The average molecular weight is 153 g/mol. The van der Waals surface area contributed by atoms with Gasteiger partial charge in [-0.3, -0.25) is 0 Å². The fourth-order valence-corrected chi connectivity index (χ4v) is 2.05. The van der Waals surface area contributed by atoms with E-state index in [-0.39, 0.29) is 0 Å². The number of rotatable bonds is 0. The van der Waals surface area contributed by atoms with Gasteiger partial charge in [0.15, 0.2) is 0 Å². The fourth-order valence-electron chi connectivity index (χ4n) is 1.41. The molecule has 1 aromatic carbocycles. The molecule has 0 aliphatic carbocycles. The van der Waals surface area contributed by atoms with Crippen LogP contribution in [0.2, 0.25) is 0 Å². The quantitative estimate of drug-likeness (QED) is 0.558. The molecule has 0 saturated carbocycles. The first kappa shape index (κ1) is 7.41. The SMILES string of the molecule is [Na][C]1=CCNc2ccccc21. The topological polar surface area (TPSA) is 12.0 Å². The average Bonchev–Trinajstić information content (AvgIpc) is 2.06. The summed E-state index contributed by atoms with van der Waals surface area (Å²) in [5.41, 5.74) is 2.69. The second kappa shape index (κ2) is 3.02. The maximum absolute atomic E-state index is 3.34. The van der Waals surface area contributed by atoms with Crippen molar-refractivity contribution in [3.05, 3.63) is 35.9 Å². The normalized spacial score (nSPS) is 14.9. The molecule has 0 spiro atoms. The van der Waals surface area contributed by atoms with Crippen molar-refractivity contribution in [2.24, 2.45) is 0 Å². The molecule has 50 valence electrons. The predicted molar refractivity (Wildman–Crippen MR) is 48.7 cm³/mol. The van der Waals surface area contributed by atoms with Crippen molar-refractivity contribution in [3.63, 3.8) is 0 Å². The molecule has 0 unspecified atom stereocenters. The van der Waals surface area contributed by atoms with Crippen molar-refractivity contribution >= 4 is 36.4 Å². The summed E-state index contributed by atoms with van der Waals surface area (Å²) in [5, 5.41) is 3.34. The van der Waals surface area contributed by atoms with Crippen LogP contribution >= 0.6 is 0 Å². The Labute approximate surface area is 83.9 Å². The van der Waals surface area contributed by atoms with Crippen LogP contribution in [0.4, 0.5) is 5.69 Å². The van der Waals surface area contributed by atoms with Gasteiger partial charge < -0.3 is 0 Å².